The lowest BCUT2D eigenvalue weighted by atomic mass is 9.75. The lowest BCUT2D eigenvalue weighted by Crippen LogP contribution is -2.59. The maximum Gasteiger partial charge on any atom is 0.347 e. The van der Waals surface area contributed by atoms with Gasteiger partial charge in [0.25, 0.3) is 0 Å². The predicted octanol–water partition coefficient (Wildman–Crippen LogP) is 6.43. The summed E-state index contributed by atoms with van der Waals surface area (Å²) in [6.45, 7) is 20.2. The number of ether oxygens (including phenoxy) is 11. The molecule has 7 heterocycles. The summed E-state index contributed by atoms with van der Waals surface area (Å²) in [5.41, 5.74) is -0.849. The monoisotopic (exact) mass is 885 g/mol. The first kappa shape index (κ1) is 48.9. The molecule has 0 aromatic rings. The van der Waals surface area contributed by atoms with E-state index < -0.39 is 41.5 Å². The second-order valence-electron chi connectivity index (χ2n) is 20.8. The molecule has 0 aromatic carbocycles. The summed E-state index contributed by atoms with van der Waals surface area (Å²) < 4.78 is 72.8. The fourth-order valence-electron chi connectivity index (χ4n) is 12.9. The van der Waals surface area contributed by atoms with Crippen molar-refractivity contribution in [2.45, 2.75) is 230 Å². The van der Waals surface area contributed by atoms with E-state index in [4.69, 9.17) is 52.1 Å². The average Bonchev–Trinajstić information content (AvgIpc) is 3.98. The first-order valence-electron chi connectivity index (χ1n) is 23.8. The normalized spacial score (nSPS) is 53.0. The van der Waals surface area contributed by atoms with E-state index in [9.17, 15) is 15.2 Å². The highest BCUT2D eigenvalue weighted by Crippen LogP contribution is 2.57. The molecule has 15 heteroatoms. The van der Waals surface area contributed by atoms with E-state index in [1.54, 1.807) is 35.2 Å². The Bertz CT molecular complexity index is 1500. The van der Waals surface area contributed by atoms with Crippen LogP contribution in [0.2, 0.25) is 0 Å². The Hall–Kier alpha value is -1.05. The highest BCUT2D eigenvalue weighted by atomic mass is 17.1. The number of carbonyl (C=O) groups excluding carboxylic acids is 1. The molecule has 0 aromatic heterocycles. The Morgan fingerprint density at radius 3 is 2.10 bits per heavy atom. The van der Waals surface area contributed by atoms with Crippen LogP contribution >= 0.6 is 0 Å². The maximum absolute atomic E-state index is 12.8. The molecule has 0 radical (unpaired) electrons. The molecule has 62 heavy (non-hydrogen) atoms. The van der Waals surface area contributed by atoms with Gasteiger partial charge in [-0.2, -0.15) is 5.26 Å². The minimum absolute atomic E-state index is 0.00297. The summed E-state index contributed by atoms with van der Waals surface area (Å²) >= 11 is 0. The van der Waals surface area contributed by atoms with Gasteiger partial charge in [0.05, 0.1) is 85.3 Å². The van der Waals surface area contributed by atoms with E-state index >= 15 is 0 Å². The van der Waals surface area contributed by atoms with Crippen LogP contribution in [0.15, 0.2) is 0 Å². The van der Waals surface area contributed by atoms with Crippen molar-refractivity contribution < 1.29 is 72.2 Å². The summed E-state index contributed by atoms with van der Waals surface area (Å²) in [6, 6.07) is 0. The second kappa shape index (κ2) is 19.3. The Labute approximate surface area is 370 Å². The molecule has 7 aliphatic rings. The van der Waals surface area contributed by atoms with Crippen LogP contribution in [0.5, 0.6) is 0 Å². The number of hydrogen-bond donors (Lipinski definition) is 2. The Morgan fingerprint density at radius 1 is 0.758 bits per heavy atom. The first-order chi connectivity index (χ1) is 29.3. The molecular weight excluding hydrogens is 805 g/mol. The van der Waals surface area contributed by atoms with Crippen molar-refractivity contribution in [3.05, 3.63) is 0 Å². The van der Waals surface area contributed by atoms with Crippen LogP contribution in [0.3, 0.4) is 0 Å². The Balaban J connectivity index is 1.07. The molecule has 3 unspecified atom stereocenters. The van der Waals surface area contributed by atoms with Gasteiger partial charge in [0, 0.05) is 70.2 Å². The molecule has 7 rings (SSSR count). The van der Waals surface area contributed by atoms with Crippen LogP contribution in [0, 0.1) is 41.4 Å². The SMILES string of the molecule is CO[C@H]1CC[C@@H](O[C@H]2[C@@H](C)[C@@H]([C@@H](C)C(=O)OO)O[C@@H](C[C@@H]3C[C@@H](OC)[C@@H](C)C4(O3)O[C@](C)(C3CC[C@@H]([C@H]5CC[C@H](C6O[C@](C)(O)[C@H](C)C[C@@H]6C)O5)O3)[C@H](OC)[C@H]4C)[C@H]2C)O[C@@H]1C. The zero-order chi connectivity index (χ0) is 45.1. The Morgan fingerprint density at radius 2 is 1.44 bits per heavy atom. The zero-order valence-corrected chi connectivity index (χ0v) is 39.7. The highest BCUT2D eigenvalue weighted by molar-refractivity contribution is 5.72. The molecule has 7 saturated heterocycles. The zero-order valence-electron chi connectivity index (χ0n) is 39.7. The third kappa shape index (κ3) is 9.04. The average molecular weight is 885 g/mol. The number of rotatable bonds is 12. The highest BCUT2D eigenvalue weighted by Gasteiger charge is 2.69. The second-order valence-corrected chi connectivity index (χ2v) is 20.8. The van der Waals surface area contributed by atoms with Crippen molar-refractivity contribution in [2.24, 2.45) is 41.4 Å². The molecule has 0 amide bonds. The molecule has 24 atom stereocenters. The van der Waals surface area contributed by atoms with Crippen molar-refractivity contribution in [1.82, 2.24) is 0 Å². The van der Waals surface area contributed by atoms with E-state index in [0.717, 1.165) is 38.5 Å². The predicted molar refractivity (Wildman–Crippen MR) is 225 cm³/mol. The summed E-state index contributed by atoms with van der Waals surface area (Å²) in [6.07, 6.45) is 3.29. The summed E-state index contributed by atoms with van der Waals surface area (Å²) in [7, 11) is 5.18. The number of methoxy groups -OCH3 is 3. The Kier molecular flexibility index (Phi) is 15.2. The molecule has 0 aliphatic carbocycles. The van der Waals surface area contributed by atoms with Crippen LogP contribution in [0.4, 0.5) is 0 Å². The van der Waals surface area contributed by atoms with Crippen molar-refractivity contribution in [2.75, 3.05) is 21.3 Å². The van der Waals surface area contributed by atoms with E-state index in [2.05, 4.69) is 39.5 Å². The number of hydrogen-bond acceptors (Lipinski definition) is 15. The molecule has 7 aliphatic heterocycles. The fraction of sp³-hybridized carbons (Fsp3) is 0.979. The van der Waals surface area contributed by atoms with Crippen molar-refractivity contribution in [3.63, 3.8) is 0 Å². The van der Waals surface area contributed by atoms with Crippen molar-refractivity contribution in [1.29, 1.82) is 0 Å². The summed E-state index contributed by atoms with van der Waals surface area (Å²) in [5, 5.41) is 20.4. The van der Waals surface area contributed by atoms with E-state index in [1.165, 1.54) is 0 Å². The molecule has 2 N–H and O–H groups in total. The molecule has 7 fully saturated rings. The van der Waals surface area contributed by atoms with Gasteiger partial charge in [-0.15, -0.1) is 0 Å². The standard InChI is InChI=1S/C47H80O15/c1-23-20-24(2)46(10,49)60-40(23)35-15-14-33(55-35)34-16-18-38(56-34)45(9)43(53-13)29(7)47(62-45)28(6)37(52-12)22-31(59-47)21-36-25(3)41(26(4)42(57-36)27(5)44(48)61-50)58-39-19-17-32(51-11)30(8)54-39/h23-43,49-50H,14-22H2,1-13H3/t23-,24+,25+,26+,27+,28+,29+,30+,31+,32-,33+,34-,35+,36-,37+,38?,39+,40?,41+,42-,43+,45+,46-,47?/m0/s1. The molecule has 0 saturated carbocycles. The van der Waals surface area contributed by atoms with Crippen LogP contribution in [0.25, 0.3) is 0 Å². The van der Waals surface area contributed by atoms with Gasteiger partial charge in [-0.1, -0.05) is 41.5 Å². The molecule has 1 spiro atoms. The largest absolute Gasteiger partial charge is 0.381 e. The molecule has 0 bridgehead atoms. The van der Waals surface area contributed by atoms with Gasteiger partial charge < -0.3 is 62.1 Å². The smallest absolute Gasteiger partial charge is 0.347 e. The van der Waals surface area contributed by atoms with Crippen LogP contribution in [-0.2, 0) is 61.8 Å². The number of carbonyl (C=O) groups is 1. The van der Waals surface area contributed by atoms with Gasteiger partial charge >= 0.3 is 5.97 Å². The minimum Gasteiger partial charge on any atom is -0.381 e. The van der Waals surface area contributed by atoms with Gasteiger partial charge in [-0.05, 0) is 72.1 Å². The van der Waals surface area contributed by atoms with Gasteiger partial charge in [-0.25, -0.2) is 4.79 Å². The lowest BCUT2D eigenvalue weighted by Gasteiger charge is -2.52. The third-order valence-corrected chi connectivity index (χ3v) is 16.9. The lowest BCUT2D eigenvalue weighted by molar-refractivity contribution is -0.353. The fourth-order valence-corrected chi connectivity index (χ4v) is 12.9. The topological polar surface area (TPSA) is 168 Å². The van der Waals surface area contributed by atoms with Gasteiger partial charge in [0.1, 0.15) is 5.60 Å². The van der Waals surface area contributed by atoms with Crippen molar-refractivity contribution >= 4 is 5.97 Å². The maximum atomic E-state index is 12.8. The summed E-state index contributed by atoms with van der Waals surface area (Å²) in [4.78, 5) is 17.0. The first-order valence-corrected chi connectivity index (χ1v) is 23.8. The van der Waals surface area contributed by atoms with Crippen LogP contribution in [0.1, 0.15) is 127 Å². The van der Waals surface area contributed by atoms with Crippen LogP contribution in [-0.4, -0.2) is 140 Å². The number of aliphatic hydroxyl groups is 1. The van der Waals surface area contributed by atoms with E-state index in [-0.39, 0.29) is 109 Å². The van der Waals surface area contributed by atoms with Gasteiger partial charge in [0.2, 0.25) is 0 Å². The van der Waals surface area contributed by atoms with Gasteiger partial charge in [0.15, 0.2) is 17.9 Å². The quantitative estimate of drug-likeness (QED) is 0.162. The minimum atomic E-state index is -1.17. The molecule has 358 valence electrons. The molecular formula is C47H80O15. The van der Waals surface area contributed by atoms with Crippen molar-refractivity contribution in [3.8, 4) is 0 Å². The summed E-state index contributed by atoms with van der Waals surface area (Å²) in [5.74, 6) is -4.11. The van der Waals surface area contributed by atoms with Gasteiger partial charge in [-0.3, -0.25) is 0 Å². The van der Waals surface area contributed by atoms with Crippen LogP contribution < -0.4 is 0 Å². The molecule has 15 nitrogen and oxygen atoms in total. The third-order valence-electron chi connectivity index (χ3n) is 16.9. The van der Waals surface area contributed by atoms with E-state index in [1.807, 2.05) is 20.8 Å². The van der Waals surface area contributed by atoms with E-state index in [0.29, 0.717) is 19.3 Å².